The van der Waals surface area contributed by atoms with Crippen LogP contribution in [0.2, 0.25) is 0 Å². The van der Waals surface area contributed by atoms with Crippen LogP contribution in [0.5, 0.6) is 0 Å². The SMILES string of the molecule is CN(Cc1ccccc1)C(=O)C(Cc1ccccc1)NC(=O)C1CCCN1C(=O)c1ccn2c1CSC2c1cccnc1. The van der Waals surface area contributed by atoms with Gasteiger partial charge >= 0.3 is 0 Å². The highest BCUT2D eigenvalue weighted by molar-refractivity contribution is 7.99. The highest BCUT2D eigenvalue weighted by Crippen LogP contribution is 2.42. The summed E-state index contributed by atoms with van der Waals surface area (Å²) in [5, 5.41) is 3.11. The number of aromatic nitrogens is 2. The highest BCUT2D eigenvalue weighted by atomic mass is 32.2. The molecule has 0 spiro atoms. The highest BCUT2D eigenvalue weighted by Gasteiger charge is 2.39. The Hall–Kier alpha value is -4.37. The molecule has 1 saturated heterocycles. The van der Waals surface area contributed by atoms with E-state index in [4.69, 9.17) is 0 Å². The fourth-order valence-electron chi connectivity index (χ4n) is 6.02. The molecular weight excluding hydrogens is 558 g/mol. The van der Waals surface area contributed by atoms with Gasteiger partial charge in [-0.15, -0.1) is 11.8 Å². The Morgan fingerprint density at radius 1 is 1.00 bits per heavy atom. The zero-order valence-electron chi connectivity index (χ0n) is 24.1. The number of likely N-dealkylation sites (N-methyl/N-ethyl adjacent to an activating group) is 1. The van der Waals surface area contributed by atoms with Crippen molar-refractivity contribution in [2.75, 3.05) is 13.6 Å². The number of hydrogen-bond donors (Lipinski definition) is 1. The third-order valence-corrected chi connectivity index (χ3v) is 9.46. The molecule has 4 heterocycles. The van der Waals surface area contributed by atoms with Gasteiger partial charge in [-0.3, -0.25) is 19.4 Å². The van der Waals surface area contributed by atoms with Gasteiger partial charge in [-0.25, -0.2) is 0 Å². The minimum absolute atomic E-state index is 0.0700. The van der Waals surface area contributed by atoms with Gasteiger partial charge in [0, 0.05) is 62.2 Å². The van der Waals surface area contributed by atoms with Crippen molar-refractivity contribution in [2.24, 2.45) is 0 Å². The molecule has 2 aliphatic heterocycles. The van der Waals surface area contributed by atoms with Crippen molar-refractivity contribution in [3.63, 3.8) is 0 Å². The molecule has 3 amide bonds. The van der Waals surface area contributed by atoms with Crippen LogP contribution in [0.1, 0.15) is 51.0 Å². The molecule has 2 aliphatic rings. The van der Waals surface area contributed by atoms with Crippen molar-refractivity contribution in [1.29, 1.82) is 0 Å². The monoisotopic (exact) mass is 593 g/mol. The van der Waals surface area contributed by atoms with E-state index in [2.05, 4.69) is 14.9 Å². The maximum Gasteiger partial charge on any atom is 0.256 e. The van der Waals surface area contributed by atoms with Gasteiger partial charge in [-0.1, -0.05) is 66.7 Å². The Labute approximate surface area is 256 Å². The van der Waals surface area contributed by atoms with Crippen LogP contribution in [0.25, 0.3) is 0 Å². The van der Waals surface area contributed by atoms with Gasteiger partial charge in [0.05, 0.1) is 5.56 Å². The molecule has 220 valence electrons. The Morgan fingerprint density at radius 2 is 1.74 bits per heavy atom. The van der Waals surface area contributed by atoms with Crippen molar-refractivity contribution in [1.82, 2.24) is 24.7 Å². The van der Waals surface area contributed by atoms with Crippen molar-refractivity contribution >= 4 is 29.5 Å². The predicted molar refractivity (Wildman–Crippen MR) is 167 cm³/mol. The van der Waals surface area contributed by atoms with Crippen LogP contribution >= 0.6 is 11.8 Å². The van der Waals surface area contributed by atoms with Crippen LogP contribution in [-0.2, 0) is 28.3 Å². The first-order valence-corrected chi connectivity index (χ1v) is 15.7. The Kier molecular flexibility index (Phi) is 8.60. The number of rotatable bonds is 9. The van der Waals surface area contributed by atoms with E-state index in [1.165, 1.54) is 0 Å². The number of hydrogen-bond acceptors (Lipinski definition) is 5. The van der Waals surface area contributed by atoms with Crippen LogP contribution in [0, 0.1) is 0 Å². The zero-order chi connectivity index (χ0) is 29.8. The van der Waals surface area contributed by atoms with Crippen LogP contribution in [0.15, 0.2) is 97.5 Å². The second-order valence-electron chi connectivity index (χ2n) is 11.1. The molecule has 2 aromatic heterocycles. The normalized spacial score (nSPS) is 18.2. The lowest BCUT2D eigenvalue weighted by atomic mass is 10.0. The van der Waals surface area contributed by atoms with E-state index in [1.807, 2.05) is 91.3 Å². The summed E-state index contributed by atoms with van der Waals surface area (Å²) in [6.07, 6.45) is 7.24. The van der Waals surface area contributed by atoms with E-state index < -0.39 is 12.1 Å². The quantitative estimate of drug-likeness (QED) is 0.305. The molecule has 0 saturated carbocycles. The number of amides is 3. The number of fused-ring (bicyclic) bond motifs is 1. The Bertz CT molecular complexity index is 1580. The molecule has 0 aliphatic carbocycles. The van der Waals surface area contributed by atoms with E-state index in [0.717, 1.165) is 28.8 Å². The van der Waals surface area contributed by atoms with Crippen molar-refractivity contribution < 1.29 is 14.4 Å². The summed E-state index contributed by atoms with van der Waals surface area (Å²) in [6, 6.07) is 24.0. The lowest BCUT2D eigenvalue weighted by molar-refractivity contribution is -0.136. The average molecular weight is 594 g/mol. The number of pyridine rings is 1. The molecule has 4 aromatic rings. The molecule has 43 heavy (non-hydrogen) atoms. The van der Waals surface area contributed by atoms with Crippen molar-refractivity contribution in [3.05, 3.63) is 125 Å². The number of nitrogens with zero attached hydrogens (tertiary/aromatic N) is 4. The fourth-order valence-corrected chi connectivity index (χ4v) is 7.33. The van der Waals surface area contributed by atoms with Crippen LogP contribution in [0.3, 0.4) is 0 Å². The first-order valence-electron chi connectivity index (χ1n) is 14.6. The molecule has 3 unspecified atom stereocenters. The smallest absolute Gasteiger partial charge is 0.256 e. The van der Waals surface area contributed by atoms with Crippen molar-refractivity contribution in [3.8, 4) is 0 Å². The number of nitrogens with one attached hydrogen (secondary N) is 1. The van der Waals surface area contributed by atoms with Gasteiger partial charge in [0.2, 0.25) is 11.8 Å². The number of carbonyl (C=O) groups excluding carboxylic acids is 3. The maximum absolute atomic E-state index is 13.9. The van der Waals surface area contributed by atoms with Gasteiger partial charge in [0.25, 0.3) is 5.91 Å². The summed E-state index contributed by atoms with van der Waals surface area (Å²) in [6.45, 7) is 0.943. The maximum atomic E-state index is 13.9. The van der Waals surface area contributed by atoms with Crippen LogP contribution < -0.4 is 5.32 Å². The predicted octanol–water partition coefficient (Wildman–Crippen LogP) is 4.67. The fraction of sp³-hybridized carbons (Fsp3) is 0.294. The van der Waals surface area contributed by atoms with Crippen molar-refractivity contribution in [2.45, 2.75) is 49.0 Å². The number of benzene rings is 2. The molecular formula is C34H35N5O3S. The first-order chi connectivity index (χ1) is 21.0. The second-order valence-corrected chi connectivity index (χ2v) is 12.2. The van der Waals surface area contributed by atoms with E-state index >= 15 is 0 Å². The van der Waals surface area contributed by atoms with Gasteiger partial charge in [0.1, 0.15) is 17.5 Å². The zero-order valence-corrected chi connectivity index (χ0v) is 25.0. The summed E-state index contributed by atoms with van der Waals surface area (Å²) >= 11 is 1.76. The average Bonchev–Trinajstić information content (AvgIpc) is 3.79. The number of likely N-dealkylation sites (tertiary alicyclic amines) is 1. The lowest BCUT2D eigenvalue weighted by Gasteiger charge is -2.28. The third-order valence-electron chi connectivity index (χ3n) is 8.21. The molecule has 0 bridgehead atoms. The van der Waals surface area contributed by atoms with E-state index in [-0.39, 0.29) is 23.1 Å². The summed E-state index contributed by atoms with van der Waals surface area (Å²) in [4.78, 5) is 49.0. The molecule has 3 atom stereocenters. The number of carbonyl (C=O) groups is 3. The molecule has 9 heteroatoms. The Morgan fingerprint density at radius 3 is 2.47 bits per heavy atom. The summed E-state index contributed by atoms with van der Waals surface area (Å²) in [5.41, 5.74) is 4.66. The van der Waals surface area contributed by atoms with Gasteiger partial charge in [-0.2, -0.15) is 0 Å². The van der Waals surface area contributed by atoms with E-state index in [0.29, 0.717) is 37.2 Å². The molecule has 1 N–H and O–H groups in total. The van der Waals surface area contributed by atoms with Gasteiger partial charge in [0.15, 0.2) is 0 Å². The minimum Gasteiger partial charge on any atom is -0.342 e. The van der Waals surface area contributed by atoms with E-state index in [9.17, 15) is 14.4 Å². The van der Waals surface area contributed by atoms with Gasteiger partial charge in [-0.05, 0) is 36.1 Å². The van der Waals surface area contributed by atoms with Crippen LogP contribution in [0.4, 0.5) is 0 Å². The summed E-state index contributed by atoms with van der Waals surface area (Å²) < 4.78 is 2.14. The molecule has 2 aromatic carbocycles. The number of thioether (sulfide) groups is 1. The summed E-state index contributed by atoms with van der Waals surface area (Å²) in [7, 11) is 1.76. The Balaban J connectivity index is 1.18. The van der Waals surface area contributed by atoms with E-state index in [1.54, 1.807) is 34.8 Å². The minimum atomic E-state index is -0.753. The molecule has 1 fully saturated rings. The lowest BCUT2D eigenvalue weighted by Crippen LogP contribution is -2.54. The first kappa shape index (κ1) is 28.7. The topological polar surface area (TPSA) is 87.5 Å². The standard InChI is InChI=1S/C34H35N5O3S/c1-37(22-25-12-6-3-7-13-25)33(42)28(20-24-10-4-2-5-11-24)36-31(40)29-15-9-18-38(29)32(41)27-16-19-39-30(27)23-43-34(39)26-14-8-17-35-21-26/h2-8,10-14,16-17,19,21,28-29,34H,9,15,18,20,22-23H2,1H3,(H,36,40). The molecule has 6 rings (SSSR count). The van der Waals surface area contributed by atoms with Crippen LogP contribution in [-0.4, -0.2) is 62.7 Å². The third kappa shape index (κ3) is 6.22. The molecule has 8 nitrogen and oxygen atoms in total. The second kappa shape index (κ2) is 12.9. The molecule has 0 radical (unpaired) electrons. The summed E-state index contributed by atoms with van der Waals surface area (Å²) in [5.74, 6) is 0.123. The van der Waals surface area contributed by atoms with Gasteiger partial charge < -0.3 is 19.7 Å². The largest absolute Gasteiger partial charge is 0.342 e.